The molecule has 0 aliphatic heterocycles. The SMILES string of the molecule is O=c1c2c3c(sc2ncn1CCCCCO)CCCCC3. The first-order valence-corrected chi connectivity index (χ1v) is 8.73. The minimum Gasteiger partial charge on any atom is -0.396 e. The fourth-order valence-corrected chi connectivity index (χ4v) is 4.31. The third kappa shape index (κ3) is 3.04. The van der Waals surface area contributed by atoms with Crippen molar-refractivity contribution in [2.24, 2.45) is 0 Å². The largest absolute Gasteiger partial charge is 0.396 e. The lowest BCUT2D eigenvalue weighted by Gasteiger charge is -2.05. The van der Waals surface area contributed by atoms with E-state index in [1.54, 1.807) is 22.2 Å². The number of unbranched alkanes of at least 4 members (excludes halogenated alkanes) is 2. The van der Waals surface area contributed by atoms with E-state index in [4.69, 9.17) is 5.11 Å². The molecule has 0 fully saturated rings. The van der Waals surface area contributed by atoms with Crippen molar-refractivity contribution in [3.05, 3.63) is 27.1 Å². The number of hydrogen-bond donors (Lipinski definition) is 1. The molecule has 5 heteroatoms. The van der Waals surface area contributed by atoms with Crippen LogP contribution in [0.3, 0.4) is 0 Å². The number of rotatable bonds is 5. The minimum absolute atomic E-state index is 0.128. The molecule has 1 aliphatic carbocycles. The Hall–Kier alpha value is -1.20. The maximum atomic E-state index is 12.7. The van der Waals surface area contributed by atoms with E-state index in [-0.39, 0.29) is 12.2 Å². The number of aryl methyl sites for hydroxylation is 3. The minimum atomic E-state index is 0.128. The van der Waals surface area contributed by atoms with Crippen LogP contribution in [0.5, 0.6) is 0 Å². The van der Waals surface area contributed by atoms with Crippen molar-refractivity contribution >= 4 is 21.6 Å². The third-order valence-electron chi connectivity index (χ3n) is 4.25. The van der Waals surface area contributed by atoms with Crippen molar-refractivity contribution in [2.45, 2.75) is 57.9 Å². The highest BCUT2D eigenvalue weighted by Crippen LogP contribution is 2.32. The lowest BCUT2D eigenvalue weighted by molar-refractivity contribution is 0.281. The van der Waals surface area contributed by atoms with Gasteiger partial charge in [0.1, 0.15) is 4.83 Å². The van der Waals surface area contributed by atoms with Crippen molar-refractivity contribution in [3.8, 4) is 0 Å². The summed E-state index contributed by atoms with van der Waals surface area (Å²) in [6, 6.07) is 0. The maximum absolute atomic E-state index is 12.7. The van der Waals surface area contributed by atoms with Gasteiger partial charge in [0.15, 0.2) is 0 Å². The van der Waals surface area contributed by atoms with E-state index in [0.29, 0.717) is 6.54 Å². The summed E-state index contributed by atoms with van der Waals surface area (Å²) in [6.45, 7) is 0.927. The lowest BCUT2D eigenvalue weighted by atomic mass is 10.1. The number of nitrogens with zero attached hydrogens (tertiary/aromatic N) is 2. The average molecular weight is 306 g/mol. The Morgan fingerprint density at radius 2 is 2.05 bits per heavy atom. The van der Waals surface area contributed by atoms with Gasteiger partial charge in [-0.2, -0.15) is 0 Å². The first-order chi connectivity index (χ1) is 10.3. The molecule has 0 amide bonds. The Morgan fingerprint density at radius 1 is 1.19 bits per heavy atom. The summed E-state index contributed by atoms with van der Waals surface area (Å²) in [7, 11) is 0. The van der Waals surface area contributed by atoms with Gasteiger partial charge < -0.3 is 5.11 Å². The summed E-state index contributed by atoms with van der Waals surface area (Å²) in [6.07, 6.45) is 10.2. The molecule has 0 saturated heterocycles. The standard InChI is InChI=1S/C16H22N2O2S/c19-10-6-2-5-9-18-11-17-15-14(16(18)20)12-7-3-1-4-8-13(12)21-15/h11,19H,1-10H2. The quantitative estimate of drug-likeness (QED) is 0.682. The van der Waals surface area contributed by atoms with Crippen LogP contribution in [0.1, 0.15) is 49.0 Å². The lowest BCUT2D eigenvalue weighted by Crippen LogP contribution is -2.21. The molecule has 1 N–H and O–H groups in total. The van der Waals surface area contributed by atoms with Crippen LogP contribution >= 0.6 is 11.3 Å². The van der Waals surface area contributed by atoms with Gasteiger partial charge in [0.05, 0.1) is 11.7 Å². The van der Waals surface area contributed by atoms with E-state index in [0.717, 1.165) is 42.3 Å². The molecule has 4 nitrogen and oxygen atoms in total. The summed E-state index contributed by atoms with van der Waals surface area (Å²) >= 11 is 1.71. The Balaban J connectivity index is 1.92. The second-order valence-electron chi connectivity index (χ2n) is 5.77. The third-order valence-corrected chi connectivity index (χ3v) is 5.45. The molecule has 0 spiro atoms. The molecule has 2 aromatic heterocycles. The highest BCUT2D eigenvalue weighted by Gasteiger charge is 2.18. The summed E-state index contributed by atoms with van der Waals surface area (Å²) in [5, 5.41) is 9.69. The molecule has 0 aromatic carbocycles. The number of aromatic nitrogens is 2. The topological polar surface area (TPSA) is 55.1 Å². The molecular weight excluding hydrogens is 284 g/mol. The summed E-state index contributed by atoms with van der Waals surface area (Å²) < 4.78 is 1.75. The number of hydrogen-bond acceptors (Lipinski definition) is 4. The van der Waals surface area contributed by atoms with Crippen molar-refractivity contribution in [3.63, 3.8) is 0 Å². The average Bonchev–Trinajstić information content (AvgIpc) is 2.68. The first-order valence-electron chi connectivity index (χ1n) is 7.92. The monoisotopic (exact) mass is 306 g/mol. The number of aliphatic hydroxyl groups is 1. The molecule has 0 unspecified atom stereocenters. The molecule has 0 saturated carbocycles. The van der Waals surface area contributed by atoms with Crippen LogP contribution in [-0.4, -0.2) is 21.3 Å². The zero-order valence-electron chi connectivity index (χ0n) is 12.3. The smallest absolute Gasteiger partial charge is 0.262 e. The highest BCUT2D eigenvalue weighted by molar-refractivity contribution is 7.18. The van der Waals surface area contributed by atoms with Crippen molar-refractivity contribution in [1.82, 2.24) is 9.55 Å². The number of fused-ring (bicyclic) bond motifs is 3. The van der Waals surface area contributed by atoms with E-state index < -0.39 is 0 Å². The van der Waals surface area contributed by atoms with Gasteiger partial charge in [0, 0.05) is 18.0 Å². The van der Waals surface area contributed by atoms with Crippen LogP contribution in [0.15, 0.2) is 11.1 Å². The van der Waals surface area contributed by atoms with Gasteiger partial charge in [-0.25, -0.2) is 4.98 Å². The van der Waals surface area contributed by atoms with Crippen LogP contribution in [0.25, 0.3) is 10.2 Å². The summed E-state index contributed by atoms with van der Waals surface area (Å²) in [5.74, 6) is 0. The predicted octanol–water partition coefficient (Wildman–Crippen LogP) is 2.89. The Morgan fingerprint density at radius 3 is 2.90 bits per heavy atom. The van der Waals surface area contributed by atoms with Crippen LogP contribution in [0.4, 0.5) is 0 Å². The van der Waals surface area contributed by atoms with Gasteiger partial charge in [-0.15, -0.1) is 11.3 Å². The molecule has 114 valence electrons. The molecule has 0 atom stereocenters. The molecular formula is C16H22N2O2S. The van der Waals surface area contributed by atoms with E-state index >= 15 is 0 Å². The van der Waals surface area contributed by atoms with Gasteiger partial charge in [-0.1, -0.05) is 6.42 Å². The molecule has 21 heavy (non-hydrogen) atoms. The fourth-order valence-electron chi connectivity index (χ4n) is 3.09. The van der Waals surface area contributed by atoms with Crippen molar-refractivity contribution in [2.75, 3.05) is 6.61 Å². The molecule has 2 aromatic rings. The molecule has 2 heterocycles. The Bertz CT molecular complexity index is 675. The fraction of sp³-hybridized carbons (Fsp3) is 0.625. The van der Waals surface area contributed by atoms with Gasteiger partial charge in [0.25, 0.3) is 5.56 Å². The summed E-state index contributed by atoms with van der Waals surface area (Å²) in [4.78, 5) is 19.5. The number of aliphatic hydroxyl groups excluding tert-OH is 1. The Kier molecular flexibility index (Phi) is 4.70. The zero-order valence-corrected chi connectivity index (χ0v) is 13.1. The van der Waals surface area contributed by atoms with E-state index in [1.807, 2.05) is 0 Å². The van der Waals surface area contributed by atoms with E-state index in [2.05, 4.69) is 4.98 Å². The molecule has 0 bridgehead atoms. The predicted molar refractivity (Wildman–Crippen MR) is 86.1 cm³/mol. The van der Waals surface area contributed by atoms with Crippen LogP contribution in [-0.2, 0) is 19.4 Å². The normalized spacial score (nSPS) is 15.1. The first kappa shape index (κ1) is 14.7. The van der Waals surface area contributed by atoms with Crippen molar-refractivity contribution < 1.29 is 5.11 Å². The zero-order chi connectivity index (χ0) is 14.7. The molecule has 0 radical (unpaired) electrons. The second-order valence-corrected chi connectivity index (χ2v) is 6.86. The molecule has 3 rings (SSSR count). The second kappa shape index (κ2) is 6.71. The van der Waals surface area contributed by atoms with Gasteiger partial charge in [-0.05, 0) is 50.5 Å². The highest BCUT2D eigenvalue weighted by atomic mass is 32.1. The van der Waals surface area contributed by atoms with Crippen LogP contribution in [0, 0.1) is 0 Å². The van der Waals surface area contributed by atoms with Crippen LogP contribution in [0.2, 0.25) is 0 Å². The van der Waals surface area contributed by atoms with E-state index in [9.17, 15) is 4.79 Å². The van der Waals surface area contributed by atoms with Crippen LogP contribution < -0.4 is 5.56 Å². The van der Waals surface area contributed by atoms with Gasteiger partial charge >= 0.3 is 0 Å². The maximum Gasteiger partial charge on any atom is 0.262 e. The Labute approximate surface area is 128 Å². The summed E-state index contributed by atoms with van der Waals surface area (Å²) in [5.41, 5.74) is 1.40. The van der Waals surface area contributed by atoms with E-state index in [1.165, 1.54) is 29.7 Å². The van der Waals surface area contributed by atoms with Gasteiger partial charge in [0.2, 0.25) is 0 Å². The van der Waals surface area contributed by atoms with Crippen molar-refractivity contribution in [1.29, 1.82) is 0 Å². The van der Waals surface area contributed by atoms with Gasteiger partial charge in [-0.3, -0.25) is 9.36 Å². The number of thiophene rings is 1. The molecule has 1 aliphatic rings.